The first-order valence-electron chi connectivity index (χ1n) is 7.26. The highest BCUT2D eigenvalue weighted by Gasteiger charge is 2.01. The lowest BCUT2D eigenvalue weighted by Gasteiger charge is -2.09. The van der Waals surface area contributed by atoms with Crippen molar-refractivity contribution < 1.29 is 14.7 Å². The second kappa shape index (κ2) is 8.73. The van der Waals surface area contributed by atoms with Gasteiger partial charge >= 0.3 is 0 Å². The van der Waals surface area contributed by atoms with Crippen molar-refractivity contribution in [3.8, 4) is 5.75 Å². The van der Waals surface area contributed by atoms with E-state index in [1.807, 2.05) is 48.5 Å². The van der Waals surface area contributed by atoms with Gasteiger partial charge in [0, 0.05) is 24.7 Å². The summed E-state index contributed by atoms with van der Waals surface area (Å²) in [4.78, 5) is 10.9. The lowest BCUT2D eigenvalue weighted by Crippen LogP contribution is -2.14. The number of para-hydroxylation sites is 1. The molecule has 1 amide bonds. The summed E-state index contributed by atoms with van der Waals surface area (Å²) in [5.74, 6) is 0.329. The minimum atomic E-state index is -0.549. The molecule has 0 heterocycles. The number of carbonyl (C=O) groups is 1. The van der Waals surface area contributed by atoms with E-state index in [1.54, 1.807) is 18.7 Å². The average Bonchev–Trinajstić information content (AvgIpc) is 2.61. The first-order valence-corrected chi connectivity index (χ1v) is 7.26. The molecule has 0 aromatic heterocycles. The summed E-state index contributed by atoms with van der Waals surface area (Å²) in [6.45, 7) is 1.46. The average molecular weight is 312 g/mol. The Hall–Kier alpha value is -2.63. The van der Waals surface area contributed by atoms with Gasteiger partial charge in [0.15, 0.2) is 0 Å². The summed E-state index contributed by atoms with van der Waals surface area (Å²) in [6.07, 6.45) is 2.91. The molecule has 2 rings (SSSR count). The van der Waals surface area contributed by atoms with E-state index in [0.29, 0.717) is 0 Å². The van der Waals surface area contributed by atoms with E-state index in [1.165, 1.54) is 6.08 Å². The Morgan fingerprint density at radius 3 is 2.57 bits per heavy atom. The van der Waals surface area contributed by atoms with Gasteiger partial charge in [-0.25, -0.2) is 5.48 Å². The van der Waals surface area contributed by atoms with Crippen LogP contribution in [0.2, 0.25) is 0 Å². The molecule has 0 atom stereocenters. The van der Waals surface area contributed by atoms with Crippen LogP contribution in [0.1, 0.15) is 16.7 Å². The molecule has 5 nitrogen and oxygen atoms in total. The predicted octanol–water partition coefficient (Wildman–Crippen LogP) is 2.50. The van der Waals surface area contributed by atoms with E-state index in [0.717, 1.165) is 35.5 Å². The molecule has 0 unspecified atom stereocenters. The molecular weight excluding hydrogens is 292 g/mol. The number of nitrogens with one attached hydrogen (secondary N) is 2. The highest BCUT2D eigenvalue weighted by molar-refractivity contribution is 5.90. The van der Waals surface area contributed by atoms with E-state index in [-0.39, 0.29) is 0 Å². The Labute approximate surface area is 135 Å². The molecular formula is C18H20N2O3. The molecule has 0 fully saturated rings. The van der Waals surface area contributed by atoms with Gasteiger partial charge in [0.2, 0.25) is 0 Å². The molecule has 0 radical (unpaired) electrons. The molecule has 5 heteroatoms. The zero-order valence-corrected chi connectivity index (χ0v) is 13.0. The third-order valence-electron chi connectivity index (χ3n) is 3.35. The number of hydroxylamine groups is 1. The summed E-state index contributed by atoms with van der Waals surface area (Å²) >= 11 is 0. The summed E-state index contributed by atoms with van der Waals surface area (Å²) < 4.78 is 5.32. The van der Waals surface area contributed by atoms with Crippen molar-refractivity contribution in [2.24, 2.45) is 0 Å². The Morgan fingerprint density at radius 2 is 1.87 bits per heavy atom. The third kappa shape index (κ3) is 5.25. The van der Waals surface area contributed by atoms with Gasteiger partial charge in [-0.1, -0.05) is 42.5 Å². The van der Waals surface area contributed by atoms with Crippen LogP contribution in [0, 0.1) is 0 Å². The van der Waals surface area contributed by atoms with Crippen LogP contribution in [0.5, 0.6) is 5.75 Å². The standard InChI is InChI=1S/C18H20N2O3/c1-23-17-5-3-2-4-16(17)13-19-12-15-8-6-14(7-9-15)10-11-18(21)20-22/h2-11,19,22H,12-13H2,1H3,(H,20,21)/b11-10+. The van der Waals surface area contributed by atoms with Gasteiger partial charge in [0.1, 0.15) is 5.75 Å². The van der Waals surface area contributed by atoms with Gasteiger partial charge in [-0.05, 0) is 23.3 Å². The Bertz CT molecular complexity index is 666. The van der Waals surface area contributed by atoms with Gasteiger partial charge in [-0.2, -0.15) is 0 Å². The van der Waals surface area contributed by atoms with Crippen LogP contribution in [0.4, 0.5) is 0 Å². The molecule has 120 valence electrons. The summed E-state index contributed by atoms with van der Waals surface area (Å²) in [7, 11) is 1.67. The minimum Gasteiger partial charge on any atom is -0.496 e. The second-order valence-electron chi connectivity index (χ2n) is 4.97. The second-order valence-corrected chi connectivity index (χ2v) is 4.97. The van der Waals surface area contributed by atoms with E-state index in [2.05, 4.69) is 5.32 Å². The Morgan fingerprint density at radius 1 is 1.13 bits per heavy atom. The van der Waals surface area contributed by atoms with Gasteiger partial charge in [0.05, 0.1) is 7.11 Å². The number of benzene rings is 2. The molecule has 3 N–H and O–H groups in total. The molecule has 0 aliphatic carbocycles. The molecule has 0 saturated carbocycles. The van der Waals surface area contributed by atoms with Crippen molar-refractivity contribution in [1.29, 1.82) is 0 Å². The lowest BCUT2D eigenvalue weighted by molar-refractivity contribution is -0.124. The van der Waals surface area contributed by atoms with E-state index in [9.17, 15) is 4.79 Å². The fraction of sp³-hybridized carbons (Fsp3) is 0.167. The number of amides is 1. The molecule has 2 aromatic rings. The number of hydrogen-bond acceptors (Lipinski definition) is 4. The predicted molar refractivity (Wildman–Crippen MR) is 88.9 cm³/mol. The highest BCUT2D eigenvalue weighted by Crippen LogP contribution is 2.17. The van der Waals surface area contributed by atoms with Crippen LogP contribution >= 0.6 is 0 Å². The highest BCUT2D eigenvalue weighted by atomic mass is 16.5. The van der Waals surface area contributed by atoms with Gasteiger partial charge in [-0.15, -0.1) is 0 Å². The van der Waals surface area contributed by atoms with Gasteiger partial charge in [-0.3, -0.25) is 10.0 Å². The largest absolute Gasteiger partial charge is 0.496 e. The first-order chi connectivity index (χ1) is 11.2. The van der Waals surface area contributed by atoms with Crippen LogP contribution in [-0.4, -0.2) is 18.2 Å². The zero-order valence-electron chi connectivity index (χ0n) is 13.0. The number of carbonyl (C=O) groups excluding carboxylic acids is 1. The van der Waals surface area contributed by atoms with Crippen molar-refractivity contribution >= 4 is 12.0 Å². The van der Waals surface area contributed by atoms with Crippen LogP contribution in [0.3, 0.4) is 0 Å². The lowest BCUT2D eigenvalue weighted by atomic mass is 10.1. The maximum atomic E-state index is 10.9. The summed E-state index contributed by atoms with van der Waals surface area (Å²) in [5.41, 5.74) is 4.70. The monoisotopic (exact) mass is 312 g/mol. The fourth-order valence-electron chi connectivity index (χ4n) is 2.15. The molecule has 0 saturated heterocycles. The quantitative estimate of drug-likeness (QED) is 0.417. The Balaban J connectivity index is 1.87. The fourth-order valence-corrected chi connectivity index (χ4v) is 2.15. The number of ether oxygens (including phenoxy) is 1. The van der Waals surface area contributed by atoms with Crippen molar-refractivity contribution in [2.45, 2.75) is 13.1 Å². The molecule has 0 aliphatic heterocycles. The third-order valence-corrected chi connectivity index (χ3v) is 3.35. The smallest absolute Gasteiger partial charge is 0.267 e. The maximum absolute atomic E-state index is 10.9. The van der Waals surface area contributed by atoms with E-state index in [4.69, 9.17) is 9.94 Å². The van der Waals surface area contributed by atoms with Crippen LogP contribution < -0.4 is 15.5 Å². The molecule has 2 aromatic carbocycles. The van der Waals surface area contributed by atoms with Crippen LogP contribution in [0.15, 0.2) is 54.6 Å². The first kappa shape index (κ1) is 16.7. The van der Waals surface area contributed by atoms with E-state index < -0.39 is 5.91 Å². The van der Waals surface area contributed by atoms with Gasteiger partial charge in [0.25, 0.3) is 5.91 Å². The SMILES string of the molecule is COc1ccccc1CNCc1ccc(/C=C/C(=O)NO)cc1. The Kier molecular flexibility index (Phi) is 6.35. The summed E-state index contributed by atoms with van der Waals surface area (Å²) in [5, 5.41) is 11.8. The van der Waals surface area contributed by atoms with Gasteiger partial charge < -0.3 is 10.1 Å². The molecule has 0 bridgehead atoms. The van der Waals surface area contributed by atoms with Crippen LogP contribution in [0.25, 0.3) is 6.08 Å². The van der Waals surface area contributed by atoms with Crippen molar-refractivity contribution in [2.75, 3.05) is 7.11 Å². The zero-order chi connectivity index (χ0) is 16.5. The molecule has 23 heavy (non-hydrogen) atoms. The number of rotatable bonds is 7. The maximum Gasteiger partial charge on any atom is 0.267 e. The number of hydrogen-bond donors (Lipinski definition) is 3. The van der Waals surface area contributed by atoms with Crippen molar-refractivity contribution in [3.63, 3.8) is 0 Å². The van der Waals surface area contributed by atoms with E-state index >= 15 is 0 Å². The number of methoxy groups -OCH3 is 1. The minimum absolute atomic E-state index is 0.549. The summed E-state index contributed by atoms with van der Waals surface area (Å²) in [6, 6.07) is 15.7. The van der Waals surface area contributed by atoms with Crippen molar-refractivity contribution in [1.82, 2.24) is 10.8 Å². The normalized spacial score (nSPS) is 10.7. The molecule has 0 aliphatic rings. The topological polar surface area (TPSA) is 70.6 Å². The molecule has 0 spiro atoms. The van der Waals surface area contributed by atoms with Crippen molar-refractivity contribution in [3.05, 3.63) is 71.3 Å². The van der Waals surface area contributed by atoms with Crippen LogP contribution in [-0.2, 0) is 17.9 Å².